The summed E-state index contributed by atoms with van der Waals surface area (Å²) in [7, 11) is 0. The molecule has 0 bridgehead atoms. The number of rotatable bonds is 7. The van der Waals surface area contributed by atoms with Crippen LogP contribution in [0.1, 0.15) is 5.56 Å². The second-order valence-corrected chi connectivity index (χ2v) is 8.60. The lowest BCUT2D eigenvalue weighted by Gasteiger charge is -2.48. The molecule has 10 heteroatoms. The Kier molecular flexibility index (Phi) is 6.57. The summed E-state index contributed by atoms with van der Waals surface area (Å²) in [4.78, 5) is 38.7. The first kappa shape index (κ1) is 22.0. The molecule has 32 heavy (non-hydrogen) atoms. The van der Waals surface area contributed by atoms with E-state index in [1.165, 1.54) is 16.7 Å². The molecule has 166 valence electrons. The third-order valence-corrected chi connectivity index (χ3v) is 6.37. The molecule has 1 fully saturated rings. The van der Waals surface area contributed by atoms with Gasteiger partial charge in [0.25, 0.3) is 11.8 Å². The Balaban J connectivity index is 1.34. The number of ether oxygens (including phenoxy) is 2. The van der Waals surface area contributed by atoms with Crippen molar-refractivity contribution in [2.24, 2.45) is 0 Å². The highest BCUT2D eigenvalue weighted by Crippen LogP contribution is 2.40. The summed E-state index contributed by atoms with van der Waals surface area (Å²) >= 11 is 7.06. The fraction of sp³-hybridized carbons (Fsp3) is 0.227. The van der Waals surface area contributed by atoms with Crippen molar-refractivity contribution < 1.29 is 29.0 Å². The molecule has 4 rings (SSSR count). The third-order valence-electron chi connectivity index (χ3n) is 4.85. The smallest absolute Gasteiger partial charge is 0.358 e. The van der Waals surface area contributed by atoms with Crippen LogP contribution in [-0.4, -0.2) is 51.6 Å². The highest BCUT2D eigenvalue weighted by molar-refractivity contribution is 8.00. The van der Waals surface area contributed by atoms with Crippen molar-refractivity contribution in [2.75, 3.05) is 12.4 Å². The number of aliphatic hydroxyl groups excluding tert-OH is 1. The van der Waals surface area contributed by atoms with Gasteiger partial charge in [-0.3, -0.25) is 14.5 Å². The number of hydrogen-bond donors (Lipinski definition) is 2. The first-order valence-corrected chi connectivity index (χ1v) is 11.1. The number of carbonyl (C=O) groups excluding carboxylic acids is 3. The maximum absolute atomic E-state index is 12.7. The van der Waals surface area contributed by atoms with Crippen molar-refractivity contribution in [1.29, 1.82) is 0 Å². The zero-order chi connectivity index (χ0) is 22.7. The van der Waals surface area contributed by atoms with E-state index in [4.69, 9.17) is 21.1 Å². The Morgan fingerprint density at radius 2 is 1.88 bits per heavy atom. The second kappa shape index (κ2) is 9.54. The number of nitrogens with zero attached hydrogens (tertiary/aromatic N) is 1. The molecule has 2 heterocycles. The molecule has 0 aliphatic carbocycles. The molecule has 2 aliphatic rings. The summed E-state index contributed by atoms with van der Waals surface area (Å²) < 4.78 is 10.7. The summed E-state index contributed by atoms with van der Waals surface area (Å²) in [5, 5.41) is 12.9. The first-order chi connectivity index (χ1) is 15.4. The molecule has 0 saturated carbocycles. The lowest BCUT2D eigenvalue weighted by atomic mass is 10.0. The number of carbonyl (C=O) groups is 3. The van der Waals surface area contributed by atoms with Gasteiger partial charge in [-0.2, -0.15) is 0 Å². The van der Waals surface area contributed by atoms with Crippen LogP contribution in [0.3, 0.4) is 0 Å². The largest absolute Gasteiger partial charge is 0.509 e. The minimum absolute atomic E-state index is 0.0124. The van der Waals surface area contributed by atoms with Gasteiger partial charge in [-0.15, -0.1) is 11.8 Å². The van der Waals surface area contributed by atoms with Gasteiger partial charge in [0.1, 0.15) is 29.5 Å². The zero-order valence-corrected chi connectivity index (χ0v) is 18.3. The lowest BCUT2D eigenvalue weighted by molar-refractivity contribution is -0.154. The molecule has 0 radical (unpaired) electrons. The van der Waals surface area contributed by atoms with Crippen molar-refractivity contribution in [3.63, 3.8) is 0 Å². The van der Waals surface area contributed by atoms with Gasteiger partial charge in [0.2, 0.25) is 0 Å². The van der Waals surface area contributed by atoms with E-state index in [0.717, 1.165) is 5.56 Å². The van der Waals surface area contributed by atoms with Crippen molar-refractivity contribution in [3.8, 4) is 5.75 Å². The number of nitrogens with one attached hydrogen (secondary N) is 1. The molecule has 2 aliphatic heterocycles. The molecule has 2 amide bonds. The number of amides is 2. The van der Waals surface area contributed by atoms with Crippen LogP contribution in [0.15, 0.2) is 66.1 Å². The zero-order valence-electron chi connectivity index (χ0n) is 16.7. The van der Waals surface area contributed by atoms with Crippen LogP contribution in [-0.2, 0) is 25.7 Å². The van der Waals surface area contributed by atoms with Crippen LogP contribution in [0, 0.1) is 0 Å². The topological polar surface area (TPSA) is 105 Å². The highest BCUT2D eigenvalue weighted by Gasteiger charge is 2.54. The number of halogens is 1. The van der Waals surface area contributed by atoms with Crippen molar-refractivity contribution in [3.05, 3.63) is 76.6 Å². The van der Waals surface area contributed by atoms with Crippen LogP contribution in [0.5, 0.6) is 5.75 Å². The predicted octanol–water partition coefficient (Wildman–Crippen LogP) is 2.63. The van der Waals surface area contributed by atoms with Gasteiger partial charge in [-0.05, 0) is 29.8 Å². The quantitative estimate of drug-likeness (QED) is 0.469. The van der Waals surface area contributed by atoms with Crippen molar-refractivity contribution in [2.45, 2.75) is 18.0 Å². The number of hydrogen-bond acceptors (Lipinski definition) is 7. The van der Waals surface area contributed by atoms with Gasteiger partial charge in [0, 0.05) is 5.02 Å². The van der Waals surface area contributed by atoms with E-state index in [-0.39, 0.29) is 30.4 Å². The SMILES string of the molecule is O=C(COc1ccc(Cl)cc1)NC1C(=O)N2C(C(=O)OCc3ccccc3)=C(O)CS[C@@H]12. The van der Waals surface area contributed by atoms with Crippen LogP contribution in [0.2, 0.25) is 5.02 Å². The minimum atomic E-state index is -0.827. The molecule has 8 nitrogen and oxygen atoms in total. The summed E-state index contributed by atoms with van der Waals surface area (Å²) in [5.74, 6) is -1.41. The number of esters is 1. The molecule has 0 aromatic heterocycles. The molecular weight excluding hydrogens is 456 g/mol. The Morgan fingerprint density at radius 3 is 2.59 bits per heavy atom. The Bertz CT molecular complexity index is 1060. The maximum Gasteiger partial charge on any atom is 0.358 e. The first-order valence-electron chi connectivity index (χ1n) is 9.69. The van der Waals surface area contributed by atoms with Crippen LogP contribution < -0.4 is 10.1 Å². The number of fused-ring (bicyclic) bond motifs is 1. The third kappa shape index (κ3) is 4.68. The van der Waals surface area contributed by atoms with Crippen LogP contribution in [0.25, 0.3) is 0 Å². The molecule has 2 aromatic carbocycles. The average molecular weight is 475 g/mol. The maximum atomic E-state index is 12.7. The standard InChI is InChI=1S/C22H19ClN2O6S/c23-14-6-8-15(9-7-14)30-11-17(27)24-18-20(28)25-19(16(26)12-32-21(18)25)22(29)31-10-13-4-2-1-3-5-13/h1-9,18,21,26H,10-12H2,(H,24,27)/t18?,21-/m0/s1. The summed E-state index contributed by atoms with van der Waals surface area (Å²) in [6.07, 6.45) is 0. The van der Waals surface area contributed by atoms with Gasteiger partial charge in [-0.25, -0.2) is 4.79 Å². The van der Waals surface area contributed by atoms with Crippen LogP contribution >= 0.6 is 23.4 Å². The van der Waals surface area contributed by atoms with Gasteiger partial charge >= 0.3 is 5.97 Å². The van der Waals surface area contributed by atoms with E-state index in [1.54, 1.807) is 36.4 Å². The molecule has 0 spiro atoms. The number of benzene rings is 2. The van der Waals surface area contributed by atoms with E-state index in [1.807, 2.05) is 18.2 Å². The molecule has 2 atom stereocenters. The molecule has 1 unspecified atom stereocenters. The van der Waals surface area contributed by atoms with Gasteiger partial charge in [0.05, 0.1) is 5.75 Å². The van der Waals surface area contributed by atoms with E-state index in [9.17, 15) is 19.5 Å². The predicted molar refractivity (Wildman–Crippen MR) is 118 cm³/mol. The fourth-order valence-electron chi connectivity index (χ4n) is 3.28. The molecule has 1 saturated heterocycles. The lowest BCUT2D eigenvalue weighted by Crippen LogP contribution is -2.70. The van der Waals surface area contributed by atoms with Crippen molar-refractivity contribution >= 4 is 41.1 Å². The summed E-state index contributed by atoms with van der Waals surface area (Å²) in [6.45, 7) is -0.269. The van der Waals surface area contributed by atoms with E-state index < -0.39 is 29.2 Å². The monoisotopic (exact) mass is 474 g/mol. The number of β-lactam (4-membered cyclic amide) rings is 1. The normalized spacial score (nSPS) is 19.7. The van der Waals surface area contributed by atoms with Crippen molar-refractivity contribution in [1.82, 2.24) is 10.2 Å². The number of thioether (sulfide) groups is 1. The Hall–Kier alpha value is -3.17. The van der Waals surface area contributed by atoms with E-state index in [2.05, 4.69) is 5.32 Å². The molecular formula is C22H19ClN2O6S. The number of aliphatic hydroxyl groups is 1. The summed E-state index contributed by atoms with van der Waals surface area (Å²) in [6, 6.07) is 14.8. The van der Waals surface area contributed by atoms with E-state index >= 15 is 0 Å². The average Bonchev–Trinajstić information content (AvgIpc) is 2.81. The highest BCUT2D eigenvalue weighted by atomic mass is 35.5. The minimum Gasteiger partial charge on any atom is -0.509 e. The van der Waals surface area contributed by atoms with Crippen LogP contribution in [0.4, 0.5) is 0 Å². The van der Waals surface area contributed by atoms with E-state index in [0.29, 0.717) is 10.8 Å². The van der Waals surface area contributed by atoms with Gasteiger partial charge in [0.15, 0.2) is 12.3 Å². The second-order valence-electron chi connectivity index (χ2n) is 7.05. The Morgan fingerprint density at radius 1 is 1.16 bits per heavy atom. The fourth-order valence-corrected chi connectivity index (χ4v) is 4.61. The summed E-state index contributed by atoms with van der Waals surface area (Å²) in [5.41, 5.74) is 0.598. The molecule has 2 aromatic rings. The Labute approximate surface area is 193 Å². The van der Waals surface area contributed by atoms with Gasteiger partial charge < -0.3 is 19.9 Å². The van der Waals surface area contributed by atoms with Gasteiger partial charge in [-0.1, -0.05) is 41.9 Å². The molecule has 2 N–H and O–H groups in total.